The number of likely N-dealkylation sites (tertiary alicyclic amines) is 1. The average Bonchev–Trinajstić information content (AvgIpc) is 2.62. The van der Waals surface area contributed by atoms with Crippen molar-refractivity contribution in [3.05, 3.63) is 64.7 Å². The predicted octanol–water partition coefficient (Wildman–Crippen LogP) is 4.70. The Morgan fingerprint density at radius 1 is 1.08 bits per heavy atom. The van der Waals surface area contributed by atoms with Crippen molar-refractivity contribution < 1.29 is 4.74 Å². The lowest BCUT2D eigenvalue weighted by atomic mass is 9.73. The van der Waals surface area contributed by atoms with Crippen molar-refractivity contribution in [1.82, 2.24) is 4.90 Å². The van der Waals surface area contributed by atoms with Crippen LogP contribution in [0.2, 0.25) is 0 Å². The number of benzene rings is 2. The van der Waals surface area contributed by atoms with Crippen LogP contribution in [0.25, 0.3) is 0 Å². The summed E-state index contributed by atoms with van der Waals surface area (Å²) in [7, 11) is 1.82. The highest BCUT2D eigenvalue weighted by Gasteiger charge is 2.37. The molecular formula is C22H27NO. The number of rotatable bonds is 3. The zero-order valence-corrected chi connectivity index (χ0v) is 14.8. The molecule has 1 aliphatic carbocycles. The van der Waals surface area contributed by atoms with Crippen molar-refractivity contribution in [3.63, 3.8) is 0 Å². The fraction of sp³-hybridized carbons (Fsp3) is 0.455. The van der Waals surface area contributed by atoms with E-state index in [1.165, 1.54) is 42.5 Å². The number of piperidine rings is 1. The van der Waals surface area contributed by atoms with Gasteiger partial charge in [-0.3, -0.25) is 4.90 Å². The number of fused-ring (bicyclic) bond motifs is 3. The SMILES string of the molecule is COc1c(C)ccc2c1CC[C@H]1C2CCCN1Cc1ccccc1. The molecule has 0 amide bonds. The highest BCUT2D eigenvalue weighted by Crippen LogP contribution is 2.44. The first-order valence-electron chi connectivity index (χ1n) is 9.22. The Morgan fingerprint density at radius 3 is 2.71 bits per heavy atom. The molecule has 0 radical (unpaired) electrons. The minimum Gasteiger partial charge on any atom is -0.496 e. The van der Waals surface area contributed by atoms with Crippen LogP contribution >= 0.6 is 0 Å². The van der Waals surface area contributed by atoms with E-state index in [1.807, 2.05) is 7.11 Å². The molecule has 1 heterocycles. The van der Waals surface area contributed by atoms with Crippen molar-refractivity contribution in [2.24, 2.45) is 0 Å². The highest BCUT2D eigenvalue weighted by atomic mass is 16.5. The molecule has 0 N–H and O–H groups in total. The summed E-state index contributed by atoms with van der Waals surface area (Å²) in [5, 5.41) is 0. The molecule has 2 heteroatoms. The summed E-state index contributed by atoms with van der Waals surface area (Å²) in [5.74, 6) is 1.80. The Labute approximate surface area is 145 Å². The third-order valence-electron chi connectivity index (χ3n) is 5.91. The molecule has 0 bridgehead atoms. The van der Waals surface area contributed by atoms with Crippen LogP contribution in [0.15, 0.2) is 42.5 Å². The van der Waals surface area contributed by atoms with Crippen LogP contribution in [0.3, 0.4) is 0 Å². The Bertz CT molecular complexity index is 709. The maximum atomic E-state index is 5.73. The van der Waals surface area contributed by atoms with E-state index in [4.69, 9.17) is 4.74 Å². The molecule has 24 heavy (non-hydrogen) atoms. The second-order valence-electron chi connectivity index (χ2n) is 7.29. The van der Waals surface area contributed by atoms with E-state index >= 15 is 0 Å². The first-order valence-corrected chi connectivity index (χ1v) is 9.22. The topological polar surface area (TPSA) is 12.5 Å². The van der Waals surface area contributed by atoms with Crippen LogP contribution in [0.5, 0.6) is 5.75 Å². The van der Waals surface area contributed by atoms with Crippen LogP contribution in [0.4, 0.5) is 0 Å². The van der Waals surface area contributed by atoms with Gasteiger partial charge in [0.1, 0.15) is 5.75 Å². The third kappa shape index (κ3) is 2.73. The maximum Gasteiger partial charge on any atom is 0.125 e. The summed E-state index contributed by atoms with van der Waals surface area (Å²) >= 11 is 0. The van der Waals surface area contributed by atoms with E-state index in [1.54, 1.807) is 5.56 Å². The molecule has 0 aromatic heterocycles. The van der Waals surface area contributed by atoms with E-state index in [0.29, 0.717) is 12.0 Å². The van der Waals surface area contributed by atoms with Crippen LogP contribution in [-0.2, 0) is 13.0 Å². The fourth-order valence-electron chi connectivity index (χ4n) is 4.83. The summed E-state index contributed by atoms with van der Waals surface area (Å²) in [4.78, 5) is 2.72. The second kappa shape index (κ2) is 6.60. The minimum absolute atomic E-state index is 0.667. The predicted molar refractivity (Wildman–Crippen MR) is 98.7 cm³/mol. The third-order valence-corrected chi connectivity index (χ3v) is 5.91. The second-order valence-corrected chi connectivity index (χ2v) is 7.29. The van der Waals surface area contributed by atoms with E-state index < -0.39 is 0 Å². The number of nitrogens with zero attached hydrogens (tertiary/aromatic N) is 1. The van der Waals surface area contributed by atoms with Gasteiger partial charge in [0.15, 0.2) is 0 Å². The molecular weight excluding hydrogens is 294 g/mol. The van der Waals surface area contributed by atoms with Crippen LogP contribution in [0, 0.1) is 6.92 Å². The Morgan fingerprint density at radius 2 is 1.92 bits per heavy atom. The van der Waals surface area contributed by atoms with Crippen LogP contribution < -0.4 is 4.74 Å². The van der Waals surface area contributed by atoms with Gasteiger partial charge in [0.25, 0.3) is 0 Å². The normalized spacial score (nSPS) is 23.4. The van der Waals surface area contributed by atoms with E-state index in [2.05, 4.69) is 54.3 Å². The molecule has 1 aliphatic heterocycles. The molecule has 1 unspecified atom stereocenters. The van der Waals surface area contributed by atoms with Gasteiger partial charge >= 0.3 is 0 Å². The lowest BCUT2D eigenvalue weighted by Crippen LogP contribution is -2.45. The molecule has 0 saturated carbocycles. The number of hydrogen-bond donors (Lipinski definition) is 0. The van der Waals surface area contributed by atoms with Gasteiger partial charge in [-0.25, -0.2) is 0 Å². The minimum atomic E-state index is 0.667. The fourth-order valence-corrected chi connectivity index (χ4v) is 4.83. The number of aryl methyl sites for hydroxylation is 1. The van der Waals surface area contributed by atoms with Crippen LogP contribution in [-0.4, -0.2) is 24.6 Å². The van der Waals surface area contributed by atoms with Crippen molar-refractivity contribution in [2.45, 2.75) is 51.1 Å². The lowest BCUT2D eigenvalue weighted by Gasteiger charge is -2.45. The summed E-state index contributed by atoms with van der Waals surface area (Å²) < 4.78 is 5.73. The van der Waals surface area contributed by atoms with Gasteiger partial charge in [0.2, 0.25) is 0 Å². The maximum absolute atomic E-state index is 5.73. The lowest BCUT2D eigenvalue weighted by molar-refractivity contribution is 0.104. The van der Waals surface area contributed by atoms with E-state index in [-0.39, 0.29) is 0 Å². The van der Waals surface area contributed by atoms with E-state index in [0.717, 1.165) is 18.7 Å². The molecule has 126 valence electrons. The van der Waals surface area contributed by atoms with Crippen molar-refractivity contribution >= 4 is 0 Å². The van der Waals surface area contributed by atoms with Gasteiger partial charge in [-0.2, -0.15) is 0 Å². The Balaban J connectivity index is 1.63. The first kappa shape index (κ1) is 15.7. The van der Waals surface area contributed by atoms with Crippen LogP contribution in [0.1, 0.15) is 47.4 Å². The van der Waals surface area contributed by atoms with Gasteiger partial charge in [-0.05, 0) is 67.3 Å². The Kier molecular flexibility index (Phi) is 4.32. The zero-order chi connectivity index (χ0) is 16.5. The highest BCUT2D eigenvalue weighted by molar-refractivity contribution is 5.49. The summed E-state index contributed by atoms with van der Waals surface area (Å²) in [5.41, 5.74) is 5.73. The van der Waals surface area contributed by atoms with Gasteiger partial charge in [-0.15, -0.1) is 0 Å². The molecule has 4 rings (SSSR count). The molecule has 1 saturated heterocycles. The number of methoxy groups -OCH3 is 1. The smallest absolute Gasteiger partial charge is 0.125 e. The van der Waals surface area contributed by atoms with Gasteiger partial charge in [0.05, 0.1) is 7.11 Å². The summed E-state index contributed by atoms with van der Waals surface area (Å²) in [6.45, 7) is 4.47. The van der Waals surface area contributed by atoms with Crippen molar-refractivity contribution in [3.8, 4) is 5.75 Å². The quantitative estimate of drug-likeness (QED) is 0.812. The van der Waals surface area contributed by atoms with Gasteiger partial charge in [-0.1, -0.05) is 42.5 Å². The number of ether oxygens (including phenoxy) is 1. The summed E-state index contributed by atoms with van der Waals surface area (Å²) in [6.07, 6.45) is 5.01. The zero-order valence-electron chi connectivity index (χ0n) is 14.8. The molecule has 2 aromatic carbocycles. The first-order chi connectivity index (χ1) is 11.8. The molecule has 2 atom stereocenters. The molecule has 2 nitrogen and oxygen atoms in total. The molecule has 1 fully saturated rings. The van der Waals surface area contributed by atoms with Crippen molar-refractivity contribution in [1.29, 1.82) is 0 Å². The van der Waals surface area contributed by atoms with E-state index in [9.17, 15) is 0 Å². The van der Waals surface area contributed by atoms with Crippen molar-refractivity contribution in [2.75, 3.05) is 13.7 Å². The molecule has 2 aliphatic rings. The standard InChI is InChI=1S/C22H27NO/c1-16-10-11-18-19-9-6-14-23(15-17-7-4-3-5-8-17)21(19)13-12-20(18)22(16)24-2/h3-5,7-8,10-11,19,21H,6,9,12-15H2,1-2H3/t19?,21-/m0/s1. The number of hydrogen-bond acceptors (Lipinski definition) is 2. The molecule has 2 aromatic rings. The summed E-state index contributed by atoms with van der Waals surface area (Å²) in [6, 6.07) is 16.2. The van der Waals surface area contributed by atoms with Gasteiger partial charge in [0, 0.05) is 12.6 Å². The largest absolute Gasteiger partial charge is 0.496 e. The molecule has 0 spiro atoms. The average molecular weight is 321 g/mol. The van der Waals surface area contributed by atoms with Gasteiger partial charge < -0.3 is 4.74 Å². The monoisotopic (exact) mass is 321 g/mol. The Hall–Kier alpha value is -1.80.